The van der Waals surface area contributed by atoms with Gasteiger partial charge >= 0.3 is 6.18 Å². The Morgan fingerprint density at radius 2 is 1.84 bits per heavy atom. The topological polar surface area (TPSA) is 123 Å². The molecular weight excluding hydrogens is 550 g/mol. The number of halogens is 5. The first-order valence-electron chi connectivity index (χ1n) is 10.7. The van der Waals surface area contributed by atoms with Crippen LogP contribution < -0.4 is 10.6 Å². The van der Waals surface area contributed by atoms with Crippen molar-refractivity contribution in [3.63, 3.8) is 0 Å². The van der Waals surface area contributed by atoms with Gasteiger partial charge in [-0.05, 0) is 18.2 Å². The van der Waals surface area contributed by atoms with E-state index in [-0.39, 0.29) is 40.2 Å². The van der Waals surface area contributed by atoms with Gasteiger partial charge in [0.15, 0.2) is 5.78 Å². The molecule has 0 aromatic carbocycles. The zero-order chi connectivity index (χ0) is 27.4. The molecule has 0 spiro atoms. The summed E-state index contributed by atoms with van der Waals surface area (Å²) in [4.78, 5) is 45.0. The zero-order valence-electron chi connectivity index (χ0n) is 19.3. The Hall–Kier alpha value is -4.04. The Labute approximate surface area is 221 Å². The molecule has 4 heterocycles. The van der Waals surface area contributed by atoms with Crippen LogP contribution >= 0.6 is 22.9 Å². The van der Waals surface area contributed by atoms with E-state index in [1.54, 1.807) is 6.92 Å². The standard InChI is InChI=1S/C23H16ClF4N7O2S/c1-11(5-15(36)14-7-20(32-10-31-14)34-18-4-2-3-17(25)33-18)22-30-9-16(38-22)21(37)35-19-6-12(23(26,27)28)13(24)8-29-19/h2-4,6-11H,5H2,1H3,(H,29,35,37)(H,31,32,33,34). The van der Waals surface area contributed by atoms with Crippen molar-refractivity contribution >= 4 is 52.1 Å². The molecule has 0 bridgehead atoms. The number of hydrogen-bond acceptors (Lipinski definition) is 9. The molecule has 9 nitrogen and oxygen atoms in total. The maximum absolute atomic E-state index is 13.3. The summed E-state index contributed by atoms with van der Waals surface area (Å²) < 4.78 is 52.5. The van der Waals surface area contributed by atoms with Crippen molar-refractivity contribution in [3.8, 4) is 0 Å². The number of pyridine rings is 2. The number of ketones is 1. The fraction of sp³-hybridized carbons (Fsp3) is 0.174. The Kier molecular flexibility index (Phi) is 7.92. The molecule has 0 fully saturated rings. The van der Waals surface area contributed by atoms with Crippen LogP contribution in [0.15, 0.2) is 49.1 Å². The Bertz CT molecular complexity index is 1500. The van der Waals surface area contributed by atoms with Crippen molar-refractivity contribution in [1.82, 2.24) is 24.9 Å². The second-order valence-electron chi connectivity index (χ2n) is 7.85. The van der Waals surface area contributed by atoms with Crippen LogP contribution in [-0.2, 0) is 6.18 Å². The van der Waals surface area contributed by atoms with Crippen molar-refractivity contribution in [2.45, 2.75) is 25.4 Å². The van der Waals surface area contributed by atoms with Gasteiger partial charge in [-0.3, -0.25) is 9.59 Å². The molecule has 4 aromatic heterocycles. The van der Waals surface area contributed by atoms with E-state index in [0.29, 0.717) is 11.1 Å². The molecule has 38 heavy (non-hydrogen) atoms. The lowest BCUT2D eigenvalue weighted by molar-refractivity contribution is -0.137. The number of carbonyl (C=O) groups excluding carboxylic acids is 2. The highest BCUT2D eigenvalue weighted by molar-refractivity contribution is 7.13. The highest BCUT2D eigenvalue weighted by atomic mass is 35.5. The Morgan fingerprint density at radius 1 is 1.05 bits per heavy atom. The van der Waals surface area contributed by atoms with Gasteiger partial charge in [-0.25, -0.2) is 24.9 Å². The van der Waals surface area contributed by atoms with E-state index >= 15 is 0 Å². The quantitative estimate of drug-likeness (QED) is 0.154. The van der Waals surface area contributed by atoms with Gasteiger partial charge < -0.3 is 10.6 Å². The van der Waals surface area contributed by atoms with Crippen LogP contribution in [0.2, 0.25) is 5.02 Å². The van der Waals surface area contributed by atoms with Crippen molar-refractivity contribution in [1.29, 1.82) is 0 Å². The van der Waals surface area contributed by atoms with Gasteiger partial charge in [0.05, 0.1) is 21.8 Å². The number of aromatic nitrogens is 5. The maximum Gasteiger partial charge on any atom is 0.418 e. The van der Waals surface area contributed by atoms with Crippen molar-refractivity contribution in [3.05, 3.63) is 81.2 Å². The van der Waals surface area contributed by atoms with Crippen LogP contribution in [0.5, 0.6) is 0 Å². The van der Waals surface area contributed by atoms with Gasteiger partial charge in [-0.2, -0.15) is 17.6 Å². The van der Waals surface area contributed by atoms with E-state index in [9.17, 15) is 27.2 Å². The van der Waals surface area contributed by atoms with Crippen molar-refractivity contribution < 1.29 is 27.2 Å². The summed E-state index contributed by atoms with van der Waals surface area (Å²) in [7, 11) is 0. The number of anilines is 3. The molecule has 196 valence electrons. The predicted octanol–water partition coefficient (Wildman–Crippen LogP) is 5.91. The van der Waals surface area contributed by atoms with Crippen LogP contribution in [-0.4, -0.2) is 36.6 Å². The third-order valence-corrected chi connectivity index (χ3v) is 6.52. The molecule has 0 saturated carbocycles. The van der Waals surface area contributed by atoms with E-state index in [4.69, 9.17) is 11.6 Å². The fourth-order valence-electron chi connectivity index (χ4n) is 3.18. The molecule has 15 heteroatoms. The molecule has 0 aliphatic carbocycles. The lowest BCUT2D eigenvalue weighted by atomic mass is 10.0. The summed E-state index contributed by atoms with van der Waals surface area (Å²) in [5.41, 5.74) is -1.02. The summed E-state index contributed by atoms with van der Waals surface area (Å²) in [6, 6.07) is 6.22. The molecule has 1 unspecified atom stereocenters. The van der Waals surface area contributed by atoms with E-state index in [1.165, 1.54) is 36.8 Å². The zero-order valence-corrected chi connectivity index (χ0v) is 20.8. The van der Waals surface area contributed by atoms with Crippen LogP contribution in [0.25, 0.3) is 0 Å². The first-order chi connectivity index (χ1) is 18.0. The molecule has 0 saturated heterocycles. The van der Waals surface area contributed by atoms with Gasteiger partial charge in [0.2, 0.25) is 5.95 Å². The van der Waals surface area contributed by atoms with E-state index in [2.05, 4.69) is 35.6 Å². The summed E-state index contributed by atoms with van der Waals surface area (Å²) in [6.45, 7) is 1.73. The number of nitrogens with zero attached hydrogens (tertiary/aromatic N) is 5. The van der Waals surface area contributed by atoms with Crippen LogP contribution in [0, 0.1) is 5.95 Å². The molecule has 1 amide bonds. The molecule has 0 aliphatic heterocycles. The average Bonchev–Trinajstić information content (AvgIpc) is 3.35. The van der Waals surface area contributed by atoms with Gasteiger partial charge in [-0.15, -0.1) is 11.3 Å². The summed E-state index contributed by atoms with van der Waals surface area (Å²) in [5.74, 6) is -2.02. The number of alkyl halides is 3. The Morgan fingerprint density at radius 3 is 2.58 bits per heavy atom. The van der Waals surface area contributed by atoms with Crippen molar-refractivity contribution in [2.75, 3.05) is 10.6 Å². The van der Waals surface area contributed by atoms with Crippen LogP contribution in [0.1, 0.15) is 50.0 Å². The molecular formula is C23H16ClF4N7O2S. The lowest BCUT2D eigenvalue weighted by Crippen LogP contribution is -2.13. The summed E-state index contributed by atoms with van der Waals surface area (Å²) in [5, 5.41) is 4.95. The fourth-order valence-corrected chi connectivity index (χ4v) is 4.25. The molecule has 0 radical (unpaired) electrons. The average molecular weight is 566 g/mol. The molecule has 2 N–H and O–H groups in total. The third kappa shape index (κ3) is 6.63. The molecule has 4 aromatic rings. The molecule has 0 aliphatic rings. The lowest BCUT2D eigenvalue weighted by Gasteiger charge is -2.10. The van der Waals surface area contributed by atoms with E-state index in [1.807, 2.05) is 0 Å². The van der Waals surface area contributed by atoms with Crippen LogP contribution in [0.3, 0.4) is 0 Å². The van der Waals surface area contributed by atoms with Crippen LogP contribution in [0.4, 0.5) is 35.0 Å². The van der Waals surface area contributed by atoms with E-state index < -0.39 is 34.5 Å². The monoisotopic (exact) mass is 565 g/mol. The second-order valence-corrected chi connectivity index (χ2v) is 9.32. The normalized spacial score (nSPS) is 12.2. The summed E-state index contributed by atoms with van der Waals surface area (Å²) in [6.07, 6.45) is -1.47. The largest absolute Gasteiger partial charge is 0.418 e. The van der Waals surface area contributed by atoms with E-state index in [0.717, 1.165) is 17.5 Å². The number of carbonyl (C=O) groups is 2. The second kappa shape index (κ2) is 11.1. The SMILES string of the molecule is CC(CC(=O)c1cc(Nc2cccc(F)n2)ncn1)c1ncc(C(=O)Nc2cc(C(F)(F)F)c(Cl)cn2)s1. The Balaban J connectivity index is 1.40. The van der Waals surface area contributed by atoms with Gasteiger partial charge in [0.25, 0.3) is 5.91 Å². The minimum atomic E-state index is -4.71. The number of Topliss-reactive ketones (excluding diaryl/α,β-unsaturated/α-hetero) is 1. The minimum Gasteiger partial charge on any atom is -0.325 e. The molecule has 1 atom stereocenters. The highest BCUT2D eigenvalue weighted by Crippen LogP contribution is 2.35. The van der Waals surface area contributed by atoms with Crippen molar-refractivity contribution in [2.24, 2.45) is 0 Å². The maximum atomic E-state index is 13.3. The minimum absolute atomic E-state index is 0.00305. The number of rotatable bonds is 8. The number of hydrogen-bond donors (Lipinski definition) is 2. The smallest absolute Gasteiger partial charge is 0.325 e. The number of amides is 1. The first-order valence-corrected chi connectivity index (χ1v) is 11.9. The number of nitrogens with one attached hydrogen (secondary N) is 2. The first kappa shape index (κ1) is 27.0. The summed E-state index contributed by atoms with van der Waals surface area (Å²) >= 11 is 6.53. The molecule has 4 rings (SSSR count). The predicted molar refractivity (Wildman–Crippen MR) is 131 cm³/mol. The van der Waals surface area contributed by atoms with Gasteiger partial charge in [0, 0.05) is 24.6 Å². The van der Waals surface area contributed by atoms with Gasteiger partial charge in [0.1, 0.15) is 34.4 Å². The van der Waals surface area contributed by atoms with Gasteiger partial charge in [-0.1, -0.05) is 24.6 Å². The number of thiazole rings is 1. The highest BCUT2D eigenvalue weighted by Gasteiger charge is 2.34. The third-order valence-electron chi connectivity index (χ3n) is 4.99.